The van der Waals surface area contributed by atoms with Crippen molar-refractivity contribution < 1.29 is 14.6 Å². The lowest BCUT2D eigenvalue weighted by Gasteiger charge is -2.45. The molecule has 4 nitrogen and oxygen atoms in total. The molecule has 1 aromatic rings. The van der Waals surface area contributed by atoms with Crippen LogP contribution in [0.3, 0.4) is 0 Å². The van der Waals surface area contributed by atoms with Crippen molar-refractivity contribution >= 4 is 17.4 Å². The van der Waals surface area contributed by atoms with Gasteiger partial charge in [0.05, 0.1) is 6.10 Å². The van der Waals surface area contributed by atoms with Crippen LogP contribution in [0.5, 0.6) is 0 Å². The second-order valence-corrected chi connectivity index (χ2v) is 8.66. The maximum Gasteiger partial charge on any atom is 0.407 e. The summed E-state index contributed by atoms with van der Waals surface area (Å²) >= 11 is 1.87. The number of nitrogens with zero attached hydrogens (tertiary/aromatic N) is 1. The lowest BCUT2D eigenvalue weighted by molar-refractivity contribution is -0.128. The number of fused-ring (bicyclic) bond motifs is 2. The van der Waals surface area contributed by atoms with Crippen molar-refractivity contribution in [3.8, 4) is 0 Å². The molecule has 5 heteroatoms. The van der Waals surface area contributed by atoms with E-state index in [9.17, 15) is 9.90 Å². The highest BCUT2D eigenvalue weighted by Crippen LogP contribution is 2.48. The van der Waals surface area contributed by atoms with E-state index in [1.807, 2.05) is 11.3 Å². The zero-order valence-corrected chi connectivity index (χ0v) is 14.6. The zero-order chi connectivity index (χ0) is 16.1. The first-order valence-electron chi connectivity index (χ1n) is 8.01. The Kier molecular flexibility index (Phi) is 3.76. The van der Waals surface area contributed by atoms with Gasteiger partial charge in [-0.3, -0.25) is 0 Å². The molecule has 1 fully saturated rings. The van der Waals surface area contributed by atoms with E-state index in [2.05, 4.69) is 33.8 Å². The monoisotopic (exact) mass is 323 g/mol. The Labute approximate surface area is 136 Å². The molecule has 0 unspecified atom stereocenters. The Morgan fingerprint density at radius 1 is 1.41 bits per heavy atom. The van der Waals surface area contributed by atoms with E-state index in [4.69, 9.17) is 4.74 Å². The average Bonchev–Trinajstić information content (AvgIpc) is 2.83. The smallest absolute Gasteiger partial charge is 0.407 e. The van der Waals surface area contributed by atoms with Crippen molar-refractivity contribution in [2.24, 2.45) is 0 Å². The Hall–Kier alpha value is -1.07. The van der Waals surface area contributed by atoms with Crippen LogP contribution in [-0.4, -0.2) is 35.3 Å². The summed E-state index contributed by atoms with van der Waals surface area (Å²) < 4.78 is 6.39. The molecule has 3 heterocycles. The van der Waals surface area contributed by atoms with Crippen molar-refractivity contribution in [2.45, 2.75) is 64.1 Å². The summed E-state index contributed by atoms with van der Waals surface area (Å²) in [7, 11) is 0. The van der Waals surface area contributed by atoms with Gasteiger partial charge in [-0.15, -0.1) is 11.3 Å². The highest BCUT2D eigenvalue weighted by Gasteiger charge is 2.45. The first-order chi connectivity index (χ1) is 10.2. The molecule has 1 N–H and O–H groups in total. The topological polar surface area (TPSA) is 49.8 Å². The second-order valence-electron chi connectivity index (χ2n) is 7.61. The first-order valence-corrected chi connectivity index (χ1v) is 8.82. The van der Waals surface area contributed by atoms with E-state index in [-0.39, 0.29) is 17.1 Å². The molecule has 0 radical (unpaired) electrons. The van der Waals surface area contributed by atoms with E-state index in [0.29, 0.717) is 13.1 Å². The van der Waals surface area contributed by atoms with Gasteiger partial charge < -0.3 is 14.7 Å². The van der Waals surface area contributed by atoms with Gasteiger partial charge >= 0.3 is 6.09 Å². The third-order valence-electron chi connectivity index (χ3n) is 4.74. The molecule has 2 aliphatic heterocycles. The molecule has 0 aromatic carbocycles. The summed E-state index contributed by atoms with van der Waals surface area (Å²) in [5.41, 5.74) is 1.29. The summed E-state index contributed by atoms with van der Waals surface area (Å²) in [5, 5.41) is 9.17. The van der Waals surface area contributed by atoms with E-state index < -0.39 is 6.09 Å². The van der Waals surface area contributed by atoms with Crippen LogP contribution in [0.4, 0.5) is 4.79 Å². The van der Waals surface area contributed by atoms with Gasteiger partial charge in [-0.2, -0.15) is 0 Å². The number of piperidine rings is 1. The van der Waals surface area contributed by atoms with Crippen LogP contribution in [0.25, 0.3) is 0 Å². The maximum atomic E-state index is 11.2. The zero-order valence-electron chi connectivity index (χ0n) is 13.8. The molecule has 2 aliphatic rings. The SMILES string of the molecule is C[C@H]1Cc2cc(C(C)(C)C)sc2C2(CCN(C(=O)O)CC2)O1. The molecule has 1 amide bonds. The van der Waals surface area contributed by atoms with Crippen LogP contribution < -0.4 is 0 Å². The molecule has 3 rings (SSSR count). The van der Waals surface area contributed by atoms with Crippen molar-refractivity contribution in [2.75, 3.05) is 13.1 Å². The van der Waals surface area contributed by atoms with Crippen LogP contribution in [-0.2, 0) is 22.2 Å². The molecule has 1 atom stereocenters. The molecule has 1 spiro atoms. The summed E-state index contributed by atoms with van der Waals surface area (Å²) in [6.45, 7) is 9.98. The van der Waals surface area contributed by atoms with Gasteiger partial charge in [0.15, 0.2) is 0 Å². The number of carboxylic acid groups (broad SMARTS) is 1. The number of likely N-dealkylation sites (tertiary alicyclic amines) is 1. The van der Waals surface area contributed by atoms with Crippen molar-refractivity contribution in [3.05, 3.63) is 21.4 Å². The third kappa shape index (κ3) is 2.65. The number of thiophene rings is 1. The molecule has 1 aromatic heterocycles. The second kappa shape index (κ2) is 5.24. The molecule has 0 saturated carbocycles. The highest BCUT2D eigenvalue weighted by atomic mass is 32.1. The quantitative estimate of drug-likeness (QED) is 0.786. The van der Waals surface area contributed by atoms with Crippen LogP contribution in [0.1, 0.15) is 55.9 Å². The number of hydrogen-bond donors (Lipinski definition) is 1. The van der Waals surface area contributed by atoms with Gasteiger partial charge in [-0.1, -0.05) is 20.8 Å². The fraction of sp³-hybridized carbons (Fsp3) is 0.706. The van der Waals surface area contributed by atoms with E-state index in [1.54, 1.807) is 0 Å². The molecule has 122 valence electrons. The number of hydrogen-bond acceptors (Lipinski definition) is 3. The largest absolute Gasteiger partial charge is 0.465 e. The fourth-order valence-corrected chi connectivity index (χ4v) is 4.97. The van der Waals surface area contributed by atoms with E-state index in [1.165, 1.54) is 20.2 Å². The van der Waals surface area contributed by atoms with E-state index in [0.717, 1.165) is 19.3 Å². The van der Waals surface area contributed by atoms with Crippen LogP contribution in [0.2, 0.25) is 0 Å². The first kappa shape index (κ1) is 15.8. The lowest BCUT2D eigenvalue weighted by atomic mass is 9.83. The van der Waals surface area contributed by atoms with Crippen LogP contribution >= 0.6 is 11.3 Å². The van der Waals surface area contributed by atoms with Crippen molar-refractivity contribution in [3.63, 3.8) is 0 Å². The summed E-state index contributed by atoms with van der Waals surface area (Å²) in [6, 6.07) is 2.35. The number of rotatable bonds is 0. The predicted molar refractivity (Wildman–Crippen MR) is 87.8 cm³/mol. The number of ether oxygens (including phenoxy) is 1. The Morgan fingerprint density at radius 3 is 2.59 bits per heavy atom. The number of carbonyl (C=O) groups is 1. The van der Waals surface area contributed by atoms with Crippen LogP contribution in [0.15, 0.2) is 6.07 Å². The Morgan fingerprint density at radius 2 is 2.05 bits per heavy atom. The van der Waals surface area contributed by atoms with E-state index >= 15 is 0 Å². The van der Waals surface area contributed by atoms with Crippen LogP contribution in [0, 0.1) is 0 Å². The minimum atomic E-state index is -0.819. The summed E-state index contributed by atoms with van der Waals surface area (Å²) in [5.74, 6) is 0. The maximum absolute atomic E-state index is 11.2. The van der Waals surface area contributed by atoms with Gasteiger partial charge in [0, 0.05) is 22.8 Å². The standard InChI is InChI=1S/C17H25NO3S/c1-11-9-12-10-13(16(2,3)4)22-14(12)17(21-11)5-7-18(8-6-17)15(19)20/h10-11H,5-9H2,1-4H3,(H,19,20)/t11-/m0/s1. The number of amides is 1. The molecular weight excluding hydrogens is 298 g/mol. The minimum absolute atomic E-state index is 0.147. The molecule has 0 aliphatic carbocycles. The predicted octanol–water partition coefficient (Wildman–Crippen LogP) is 3.98. The van der Waals surface area contributed by atoms with Gasteiger partial charge in [-0.25, -0.2) is 4.79 Å². The molecule has 22 heavy (non-hydrogen) atoms. The lowest BCUT2D eigenvalue weighted by Crippen LogP contribution is -2.49. The highest BCUT2D eigenvalue weighted by molar-refractivity contribution is 7.12. The third-order valence-corrected chi connectivity index (χ3v) is 6.53. The Bertz CT molecular complexity index is 579. The van der Waals surface area contributed by atoms with Crippen molar-refractivity contribution in [1.29, 1.82) is 0 Å². The van der Waals surface area contributed by atoms with Gasteiger partial charge in [0.2, 0.25) is 0 Å². The van der Waals surface area contributed by atoms with Gasteiger partial charge in [0.25, 0.3) is 0 Å². The average molecular weight is 323 g/mol. The molecule has 1 saturated heterocycles. The molecular formula is C17H25NO3S. The summed E-state index contributed by atoms with van der Waals surface area (Å²) in [6.07, 6.45) is 1.88. The fourth-order valence-electron chi connectivity index (χ4n) is 3.53. The van der Waals surface area contributed by atoms with Gasteiger partial charge in [-0.05, 0) is 43.2 Å². The Balaban J connectivity index is 1.95. The summed E-state index contributed by atoms with van der Waals surface area (Å²) in [4.78, 5) is 15.4. The minimum Gasteiger partial charge on any atom is -0.465 e. The normalized spacial score (nSPS) is 24.4. The van der Waals surface area contributed by atoms with Gasteiger partial charge in [0.1, 0.15) is 5.60 Å². The van der Waals surface area contributed by atoms with Crippen molar-refractivity contribution in [1.82, 2.24) is 4.90 Å². The molecule has 0 bridgehead atoms.